The van der Waals surface area contributed by atoms with Gasteiger partial charge in [-0.05, 0) is 30.7 Å². The summed E-state index contributed by atoms with van der Waals surface area (Å²) in [5.74, 6) is 1.30. The standard InChI is InChI=1S/C27H23N7O/c35-22-14-28-10-9-20(22)32-27-24-18(15-4-3-5-15)12-29-13-21(24)33-25(34-27)17-8-11-30-26-23(17)16-6-1-2-7-19(16)31-26/h1-8,11-13,20,22,28,35H,9-10,14H2,(H,30,31)(H,32,33,34)/t20-,22+/m1/s1. The Bertz CT molecular complexity index is 1670. The largest absolute Gasteiger partial charge is 0.390 e. The lowest BCUT2D eigenvalue weighted by Gasteiger charge is -2.30. The number of nitrogens with one attached hydrogen (secondary N) is 3. The molecular formula is C27H23N7O. The number of piperidine rings is 1. The number of anilines is 1. The van der Waals surface area contributed by atoms with E-state index in [1.54, 1.807) is 12.4 Å². The Hall–Kier alpha value is -4.14. The molecule has 4 N–H and O–H groups in total. The molecule has 1 aliphatic heterocycles. The topological polar surface area (TPSA) is 112 Å². The number of hydrogen-bond acceptors (Lipinski definition) is 7. The highest BCUT2D eigenvalue weighted by molar-refractivity contribution is 6.12. The third-order valence-electron chi connectivity index (χ3n) is 6.88. The fourth-order valence-electron chi connectivity index (χ4n) is 5.04. The van der Waals surface area contributed by atoms with Crippen molar-refractivity contribution in [2.45, 2.75) is 18.6 Å². The van der Waals surface area contributed by atoms with E-state index < -0.39 is 6.10 Å². The van der Waals surface area contributed by atoms with E-state index in [2.05, 4.69) is 43.8 Å². The van der Waals surface area contributed by atoms with Crippen LogP contribution in [-0.4, -0.2) is 55.3 Å². The van der Waals surface area contributed by atoms with Crippen LogP contribution in [0.4, 0.5) is 5.82 Å². The number of fused-ring (bicyclic) bond motifs is 4. The summed E-state index contributed by atoms with van der Waals surface area (Å²) in [5.41, 5.74) is 5.55. The predicted octanol–water partition coefficient (Wildman–Crippen LogP) is 3.81. The Morgan fingerprint density at radius 3 is 2.80 bits per heavy atom. The lowest BCUT2D eigenvalue weighted by molar-refractivity contribution is 0.128. The minimum absolute atomic E-state index is 0.111. The van der Waals surface area contributed by atoms with Gasteiger partial charge in [-0.25, -0.2) is 15.0 Å². The highest BCUT2D eigenvalue weighted by atomic mass is 16.3. The molecule has 5 heterocycles. The van der Waals surface area contributed by atoms with Crippen molar-refractivity contribution in [2.75, 3.05) is 18.4 Å². The van der Waals surface area contributed by atoms with Crippen molar-refractivity contribution in [3.63, 3.8) is 0 Å². The molecule has 8 nitrogen and oxygen atoms in total. The van der Waals surface area contributed by atoms with Gasteiger partial charge in [-0.1, -0.05) is 36.4 Å². The minimum Gasteiger partial charge on any atom is -0.390 e. The summed E-state index contributed by atoms with van der Waals surface area (Å²) < 4.78 is 0. The first-order valence-electron chi connectivity index (χ1n) is 11.8. The average molecular weight is 462 g/mol. The van der Waals surface area contributed by atoms with Crippen LogP contribution in [0.3, 0.4) is 0 Å². The highest BCUT2D eigenvalue weighted by Crippen LogP contribution is 2.37. The Morgan fingerprint density at radius 2 is 1.94 bits per heavy atom. The Kier molecular flexibility index (Phi) is 4.61. The molecule has 0 saturated carbocycles. The molecule has 1 aromatic carbocycles. The molecule has 1 aliphatic carbocycles. The first-order valence-corrected chi connectivity index (χ1v) is 11.8. The first-order chi connectivity index (χ1) is 17.3. The van der Waals surface area contributed by atoms with Gasteiger partial charge in [0.1, 0.15) is 11.5 Å². The molecule has 1 saturated heterocycles. The number of allylic oxidation sites excluding steroid dienone is 4. The van der Waals surface area contributed by atoms with Crippen molar-refractivity contribution in [1.82, 2.24) is 30.2 Å². The number of para-hydroxylation sites is 1. The summed E-state index contributed by atoms with van der Waals surface area (Å²) in [6.07, 6.45) is 11.8. The smallest absolute Gasteiger partial charge is 0.163 e. The van der Waals surface area contributed by atoms with Gasteiger partial charge in [0.25, 0.3) is 0 Å². The van der Waals surface area contributed by atoms with Crippen LogP contribution in [0.25, 0.3) is 49.8 Å². The quantitative estimate of drug-likeness (QED) is 0.322. The van der Waals surface area contributed by atoms with Crippen LogP contribution in [0.1, 0.15) is 12.0 Å². The average Bonchev–Trinajstić information content (AvgIpc) is 3.23. The normalized spacial score (nSPS) is 19.7. The number of rotatable bonds is 4. The third kappa shape index (κ3) is 3.30. The summed E-state index contributed by atoms with van der Waals surface area (Å²) in [6, 6.07) is 10.0. The maximum absolute atomic E-state index is 10.6. The first kappa shape index (κ1) is 20.3. The van der Waals surface area contributed by atoms with Crippen LogP contribution in [0.5, 0.6) is 0 Å². The van der Waals surface area contributed by atoms with Gasteiger partial charge < -0.3 is 20.7 Å². The second-order valence-electron chi connectivity index (χ2n) is 9.02. The van der Waals surface area contributed by atoms with Gasteiger partial charge in [-0.3, -0.25) is 4.98 Å². The van der Waals surface area contributed by atoms with Crippen molar-refractivity contribution in [1.29, 1.82) is 0 Å². The van der Waals surface area contributed by atoms with E-state index in [1.165, 1.54) is 0 Å². The predicted molar refractivity (Wildman–Crippen MR) is 138 cm³/mol. The van der Waals surface area contributed by atoms with Crippen molar-refractivity contribution < 1.29 is 5.11 Å². The summed E-state index contributed by atoms with van der Waals surface area (Å²) in [6.45, 7) is 1.39. The van der Waals surface area contributed by atoms with Crippen LogP contribution >= 0.6 is 0 Å². The number of H-pyrrole nitrogens is 1. The molecule has 2 atom stereocenters. The summed E-state index contributed by atoms with van der Waals surface area (Å²) in [5, 5.41) is 20.4. The molecular weight excluding hydrogens is 438 g/mol. The van der Waals surface area contributed by atoms with Crippen molar-refractivity contribution in [3.05, 3.63) is 72.7 Å². The van der Waals surface area contributed by atoms with E-state index >= 15 is 0 Å². The van der Waals surface area contributed by atoms with E-state index in [9.17, 15) is 5.11 Å². The van der Waals surface area contributed by atoms with Gasteiger partial charge in [-0.15, -0.1) is 0 Å². The molecule has 4 aromatic heterocycles. The van der Waals surface area contributed by atoms with E-state index in [4.69, 9.17) is 9.97 Å². The van der Waals surface area contributed by atoms with E-state index in [0.717, 1.165) is 62.5 Å². The summed E-state index contributed by atoms with van der Waals surface area (Å²) >= 11 is 0. The fourth-order valence-corrected chi connectivity index (χ4v) is 5.04. The number of pyridine rings is 2. The van der Waals surface area contributed by atoms with Gasteiger partial charge in [-0.2, -0.15) is 0 Å². The monoisotopic (exact) mass is 461 g/mol. The molecule has 0 radical (unpaired) electrons. The number of β-amino-alcohol motifs (C(OH)–C–C–N with tert-alkyl or cyclic N) is 1. The van der Waals surface area contributed by atoms with Crippen molar-refractivity contribution in [2.24, 2.45) is 0 Å². The minimum atomic E-state index is -0.508. The molecule has 1 fully saturated rings. The van der Waals surface area contributed by atoms with Crippen molar-refractivity contribution in [3.8, 4) is 11.4 Å². The zero-order valence-corrected chi connectivity index (χ0v) is 18.9. The molecule has 0 unspecified atom stereocenters. The number of hydrogen-bond donors (Lipinski definition) is 4. The van der Waals surface area contributed by atoms with Crippen LogP contribution in [0.15, 0.2) is 67.2 Å². The maximum atomic E-state index is 10.6. The molecule has 7 rings (SSSR count). The van der Waals surface area contributed by atoms with Gasteiger partial charge in [0.05, 0.1) is 29.2 Å². The van der Waals surface area contributed by atoms with Crippen LogP contribution in [0.2, 0.25) is 0 Å². The molecule has 5 aromatic rings. The lowest BCUT2D eigenvalue weighted by atomic mass is 9.97. The zero-order valence-electron chi connectivity index (χ0n) is 18.9. The van der Waals surface area contributed by atoms with Crippen LogP contribution < -0.4 is 10.6 Å². The molecule has 35 heavy (non-hydrogen) atoms. The Balaban J connectivity index is 1.47. The SMILES string of the molecule is O[C@H]1CNCC[C@H]1Nc1nc(-c2ccnc3[nH]c4ccccc4c23)nc2cncc(C3=CC=C3)c12. The van der Waals surface area contributed by atoms with Gasteiger partial charge in [0.2, 0.25) is 0 Å². The van der Waals surface area contributed by atoms with Gasteiger partial charge in [0, 0.05) is 46.4 Å². The Morgan fingerprint density at radius 1 is 1.03 bits per heavy atom. The van der Waals surface area contributed by atoms with Crippen LogP contribution in [0, 0.1) is 0 Å². The number of benzene rings is 1. The zero-order chi connectivity index (χ0) is 23.4. The van der Waals surface area contributed by atoms with Crippen molar-refractivity contribution >= 4 is 44.2 Å². The second-order valence-corrected chi connectivity index (χ2v) is 9.02. The number of aliphatic hydroxyl groups is 1. The molecule has 0 bridgehead atoms. The lowest BCUT2D eigenvalue weighted by Crippen LogP contribution is -2.47. The van der Waals surface area contributed by atoms with E-state index in [0.29, 0.717) is 18.2 Å². The second kappa shape index (κ2) is 7.97. The van der Waals surface area contributed by atoms with E-state index in [1.807, 2.05) is 36.5 Å². The fraction of sp³-hybridized carbons (Fsp3) is 0.185. The van der Waals surface area contributed by atoms with Gasteiger partial charge in [0.15, 0.2) is 5.82 Å². The molecule has 8 heteroatoms. The van der Waals surface area contributed by atoms with Crippen LogP contribution in [-0.2, 0) is 0 Å². The molecule has 0 spiro atoms. The highest BCUT2D eigenvalue weighted by Gasteiger charge is 2.26. The summed E-state index contributed by atoms with van der Waals surface area (Å²) in [4.78, 5) is 22.5. The number of aromatic amines is 1. The molecule has 2 aliphatic rings. The number of nitrogens with zero attached hydrogens (tertiary/aromatic N) is 4. The Labute approximate surface area is 200 Å². The molecule has 172 valence electrons. The maximum Gasteiger partial charge on any atom is 0.163 e. The molecule has 0 amide bonds. The third-order valence-corrected chi connectivity index (χ3v) is 6.88. The summed E-state index contributed by atoms with van der Waals surface area (Å²) in [7, 11) is 0. The van der Waals surface area contributed by atoms with E-state index in [-0.39, 0.29) is 6.04 Å². The number of aliphatic hydroxyl groups excluding tert-OH is 1. The van der Waals surface area contributed by atoms with Gasteiger partial charge >= 0.3 is 0 Å². The number of aromatic nitrogens is 5.